The average molecular weight is 495 g/mol. The molecule has 1 aliphatic heterocycles. The molecule has 4 rings (SSSR count). The summed E-state index contributed by atoms with van der Waals surface area (Å²) in [7, 11) is 0. The zero-order chi connectivity index (χ0) is 25.2. The van der Waals surface area contributed by atoms with E-state index in [4.69, 9.17) is 0 Å². The number of nitrogens with zero attached hydrogens (tertiary/aromatic N) is 2. The van der Waals surface area contributed by atoms with Crippen LogP contribution in [0, 0.1) is 5.92 Å². The highest BCUT2D eigenvalue weighted by Crippen LogP contribution is 2.38. The molecule has 4 nitrogen and oxygen atoms in total. The molecule has 2 amide bonds. The molecule has 2 aromatic rings. The topological polar surface area (TPSA) is 40.6 Å². The van der Waals surface area contributed by atoms with Gasteiger partial charge in [0.05, 0.1) is 6.04 Å². The van der Waals surface area contributed by atoms with Crippen molar-refractivity contribution in [2.45, 2.75) is 97.1 Å². The number of benzene rings is 1. The van der Waals surface area contributed by atoms with Crippen molar-refractivity contribution in [3.8, 4) is 0 Å². The van der Waals surface area contributed by atoms with E-state index < -0.39 is 0 Å². The Labute approximate surface area is 215 Å². The first-order valence-corrected chi connectivity index (χ1v) is 14.3. The van der Waals surface area contributed by atoms with Crippen molar-refractivity contribution < 1.29 is 9.59 Å². The van der Waals surface area contributed by atoms with Crippen LogP contribution < -0.4 is 0 Å². The summed E-state index contributed by atoms with van der Waals surface area (Å²) in [5.74, 6) is 0.859. The van der Waals surface area contributed by atoms with Crippen LogP contribution in [0.1, 0.15) is 101 Å². The molecule has 2 aliphatic rings. The Hall–Kier alpha value is -2.14. The van der Waals surface area contributed by atoms with Crippen molar-refractivity contribution in [3.63, 3.8) is 0 Å². The predicted octanol–water partition coefficient (Wildman–Crippen LogP) is 6.73. The fourth-order valence-corrected chi connectivity index (χ4v) is 6.58. The van der Waals surface area contributed by atoms with Crippen molar-refractivity contribution in [1.82, 2.24) is 9.80 Å². The normalized spacial score (nSPS) is 18.7. The molecular formula is C30H42N2O2S. The number of carbonyl (C=O) groups excluding carboxylic acids is 2. The Balaban J connectivity index is 1.53. The minimum absolute atomic E-state index is 0.0149. The van der Waals surface area contributed by atoms with Gasteiger partial charge < -0.3 is 9.80 Å². The Morgan fingerprint density at radius 2 is 1.77 bits per heavy atom. The molecule has 1 fully saturated rings. The highest BCUT2D eigenvalue weighted by molar-refractivity contribution is 7.10. The molecule has 1 atom stereocenters. The zero-order valence-electron chi connectivity index (χ0n) is 22.2. The van der Waals surface area contributed by atoms with E-state index >= 15 is 0 Å². The molecule has 2 heterocycles. The zero-order valence-corrected chi connectivity index (χ0v) is 23.0. The molecule has 1 aliphatic carbocycles. The van der Waals surface area contributed by atoms with Crippen LogP contribution in [0.15, 0.2) is 35.7 Å². The second-order valence-corrected chi connectivity index (χ2v) is 12.7. The number of rotatable bonds is 7. The third-order valence-corrected chi connectivity index (χ3v) is 8.87. The Morgan fingerprint density at radius 3 is 2.40 bits per heavy atom. The number of hydrogen-bond donors (Lipinski definition) is 0. The summed E-state index contributed by atoms with van der Waals surface area (Å²) in [6, 6.07) is 10.9. The van der Waals surface area contributed by atoms with Gasteiger partial charge in [0.15, 0.2) is 0 Å². The Bertz CT molecular complexity index is 1010. The first-order valence-electron chi connectivity index (χ1n) is 13.4. The standard InChI is InChI=1S/C30H42N2O2S/c1-21(2)32(27(33)15-10-22-8-6-7-9-22)20-28(34)31-18-16-26-25(17-19-35-26)29(31)23-11-13-24(14-12-23)30(3,4)5/h11-14,17,19,21-22,29H,6-10,15-16,18,20H2,1-5H3. The fourth-order valence-electron chi connectivity index (χ4n) is 5.68. The smallest absolute Gasteiger partial charge is 0.243 e. The molecule has 35 heavy (non-hydrogen) atoms. The number of carbonyl (C=O) groups is 2. The fraction of sp³-hybridized carbons (Fsp3) is 0.600. The van der Waals surface area contributed by atoms with Gasteiger partial charge in [0.2, 0.25) is 11.8 Å². The van der Waals surface area contributed by atoms with Gasteiger partial charge in [-0.1, -0.05) is 70.7 Å². The van der Waals surface area contributed by atoms with E-state index in [9.17, 15) is 9.59 Å². The SMILES string of the molecule is CC(C)N(CC(=O)N1CCc2sccc2C1c1ccc(C(C)(C)C)cc1)C(=O)CCC1CCCC1. The van der Waals surface area contributed by atoms with Gasteiger partial charge in [-0.15, -0.1) is 11.3 Å². The van der Waals surface area contributed by atoms with E-state index in [0.717, 1.165) is 18.4 Å². The van der Waals surface area contributed by atoms with Crippen LogP contribution in [0.25, 0.3) is 0 Å². The van der Waals surface area contributed by atoms with Gasteiger partial charge >= 0.3 is 0 Å². The number of thiophene rings is 1. The number of hydrogen-bond acceptors (Lipinski definition) is 3. The van der Waals surface area contributed by atoms with Gasteiger partial charge in [-0.05, 0) is 66.2 Å². The van der Waals surface area contributed by atoms with Gasteiger partial charge in [-0.2, -0.15) is 0 Å². The molecule has 0 spiro atoms. The summed E-state index contributed by atoms with van der Waals surface area (Å²) in [5, 5.41) is 2.14. The van der Waals surface area contributed by atoms with Crippen LogP contribution in [0.3, 0.4) is 0 Å². The molecule has 0 saturated heterocycles. The predicted molar refractivity (Wildman–Crippen MR) is 145 cm³/mol. The largest absolute Gasteiger partial charge is 0.331 e. The maximum atomic E-state index is 13.8. The summed E-state index contributed by atoms with van der Waals surface area (Å²) in [6.07, 6.45) is 7.49. The summed E-state index contributed by atoms with van der Waals surface area (Å²) < 4.78 is 0. The quantitative estimate of drug-likeness (QED) is 0.428. The number of fused-ring (bicyclic) bond motifs is 1. The first-order chi connectivity index (χ1) is 16.6. The second-order valence-electron chi connectivity index (χ2n) is 11.7. The van der Waals surface area contributed by atoms with Gasteiger partial charge in [-0.3, -0.25) is 9.59 Å². The van der Waals surface area contributed by atoms with E-state index in [1.54, 1.807) is 16.2 Å². The lowest BCUT2D eigenvalue weighted by Crippen LogP contribution is -2.48. The molecular weight excluding hydrogens is 452 g/mol. The van der Waals surface area contributed by atoms with E-state index in [1.807, 2.05) is 18.7 Å². The van der Waals surface area contributed by atoms with Crippen LogP contribution in [0.5, 0.6) is 0 Å². The third-order valence-electron chi connectivity index (χ3n) is 7.87. The summed E-state index contributed by atoms with van der Waals surface area (Å²) >= 11 is 1.78. The van der Waals surface area contributed by atoms with Crippen LogP contribution in [0.2, 0.25) is 0 Å². The Morgan fingerprint density at radius 1 is 1.09 bits per heavy atom. The van der Waals surface area contributed by atoms with Gasteiger partial charge in [-0.25, -0.2) is 0 Å². The van der Waals surface area contributed by atoms with E-state index in [-0.39, 0.29) is 35.9 Å². The lowest BCUT2D eigenvalue weighted by atomic mass is 9.85. The molecule has 1 aromatic heterocycles. The molecule has 5 heteroatoms. The highest BCUT2D eigenvalue weighted by atomic mass is 32.1. The minimum Gasteiger partial charge on any atom is -0.331 e. The van der Waals surface area contributed by atoms with Crippen molar-refractivity contribution in [1.29, 1.82) is 0 Å². The maximum absolute atomic E-state index is 13.8. The van der Waals surface area contributed by atoms with Crippen LogP contribution in [0.4, 0.5) is 0 Å². The van der Waals surface area contributed by atoms with Crippen molar-refractivity contribution >= 4 is 23.2 Å². The molecule has 0 radical (unpaired) electrons. The van der Waals surface area contributed by atoms with E-state index in [2.05, 4.69) is 56.5 Å². The van der Waals surface area contributed by atoms with Crippen LogP contribution in [-0.4, -0.2) is 40.7 Å². The summed E-state index contributed by atoms with van der Waals surface area (Å²) in [6.45, 7) is 11.6. The second kappa shape index (κ2) is 10.9. The maximum Gasteiger partial charge on any atom is 0.243 e. The monoisotopic (exact) mass is 494 g/mol. The molecule has 1 unspecified atom stereocenters. The minimum atomic E-state index is -0.0888. The highest BCUT2D eigenvalue weighted by Gasteiger charge is 2.34. The van der Waals surface area contributed by atoms with Crippen molar-refractivity contribution in [2.75, 3.05) is 13.1 Å². The molecule has 0 N–H and O–H groups in total. The van der Waals surface area contributed by atoms with Gasteiger partial charge in [0, 0.05) is 23.9 Å². The van der Waals surface area contributed by atoms with E-state index in [0.29, 0.717) is 18.9 Å². The molecule has 0 bridgehead atoms. The third kappa shape index (κ3) is 5.99. The lowest BCUT2D eigenvalue weighted by Gasteiger charge is -2.38. The molecule has 1 saturated carbocycles. The number of amides is 2. The van der Waals surface area contributed by atoms with Crippen molar-refractivity contribution in [2.24, 2.45) is 5.92 Å². The Kier molecular flexibility index (Phi) is 8.05. The summed E-state index contributed by atoms with van der Waals surface area (Å²) in [4.78, 5) is 32.1. The van der Waals surface area contributed by atoms with E-state index in [1.165, 1.54) is 41.7 Å². The van der Waals surface area contributed by atoms with Crippen LogP contribution >= 0.6 is 11.3 Å². The first kappa shape index (κ1) is 25.9. The van der Waals surface area contributed by atoms with Crippen LogP contribution in [-0.2, 0) is 21.4 Å². The molecule has 1 aromatic carbocycles. The lowest BCUT2D eigenvalue weighted by molar-refractivity contribution is -0.143. The summed E-state index contributed by atoms with van der Waals surface area (Å²) in [5.41, 5.74) is 3.76. The van der Waals surface area contributed by atoms with Crippen molar-refractivity contribution in [3.05, 3.63) is 57.3 Å². The molecule has 190 valence electrons. The van der Waals surface area contributed by atoms with Gasteiger partial charge in [0.1, 0.15) is 6.54 Å². The average Bonchev–Trinajstić information content (AvgIpc) is 3.51. The van der Waals surface area contributed by atoms with Gasteiger partial charge in [0.25, 0.3) is 0 Å².